The molecule has 24 heavy (non-hydrogen) atoms. The van der Waals surface area contributed by atoms with E-state index in [-0.39, 0.29) is 16.4 Å². The van der Waals surface area contributed by atoms with Gasteiger partial charge in [0.1, 0.15) is 10.6 Å². The quantitative estimate of drug-likeness (QED) is 0.835. The number of methoxy groups -OCH3 is 2. The Hall–Kier alpha value is -1.11. The molecule has 0 amide bonds. The predicted octanol–water partition coefficient (Wildman–Crippen LogP) is 2.97. The molecule has 0 aromatic heterocycles. The molecule has 1 aromatic carbocycles. The van der Waals surface area contributed by atoms with Gasteiger partial charge in [0.05, 0.1) is 13.2 Å². The van der Waals surface area contributed by atoms with Crippen molar-refractivity contribution in [2.75, 3.05) is 27.3 Å². The van der Waals surface area contributed by atoms with E-state index in [1.54, 1.807) is 23.5 Å². The van der Waals surface area contributed by atoms with E-state index >= 15 is 0 Å². The number of benzene rings is 1. The van der Waals surface area contributed by atoms with Gasteiger partial charge < -0.3 is 9.47 Å². The summed E-state index contributed by atoms with van der Waals surface area (Å²) >= 11 is 0. The molecule has 1 saturated carbocycles. The molecule has 1 aliphatic heterocycles. The van der Waals surface area contributed by atoms with Crippen LogP contribution >= 0.6 is 0 Å². The molecule has 1 aromatic rings. The molecule has 6 heteroatoms. The first-order valence-electron chi connectivity index (χ1n) is 8.60. The second-order valence-electron chi connectivity index (χ2n) is 7.08. The van der Waals surface area contributed by atoms with Crippen LogP contribution in [-0.4, -0.2) is 46.1 Å². The average molecular weight is 353 g/mol. The van der Waals surface area contributed by atoms with Crippen LogP contribution in [0.1, 0.15) is 37.7 Å². The van der Waals surface area contributed by atoms with E-state index in [9.17, 15) is 8.42 Å². The molecule has 134 valence electrons. The molecule has 2 aliphatic rings. The Labute approximate surface area is 145 Å². The highest BCUT2D eigenvalue weighted by molar-refractivity contribution is 7.89. The Morgan fingerprint density at radius 2 is 1.96 bits per heavy atom. The average Bonchev–Trinajstić information content (AvgIpc) is 2.96. The lowest BCUT2D eigenvalue weighted by Crippen LogP contribution is -2.49. The minimum absolute atomic E-state index is 0.0306. The van der Waals surface area contributed by atoms with Gasteiger partial charge in [0.15, 0.2) is 0 Å². The number of nitrogens with zero attached hydrogens (tertiary/aromatic N) is 1. The van der Waals surface area contributed by atoms with Gasteiger partial charge in [-0.25, -0.2) is 8.42 Å². The fourth-order valence-electron chi connectivity index (χ4n) is 4.39. The number of sulfonamides is 1. The molecule has 2 fully saturated rings. The van der Waals surface area contributed by atoms with Crippen LogP contribution in [0.25, 0.3) is 0 Å². The lowest BCUT2D eigenvalue weighted by molar-refractivity contribution is -0.0185. The van der Waals surface area contributed by atoms with E-state index in [1.165, 1.54) is 7.11 Å². The Bertz CT molecular complexity index is 703. The van der Waals surface area contributed by atoms with Crippen molar-refractivity contribution in [2.45, 2.75) is 50.0 Å². The first-order valence-corrected chi connectivity index (χ1v) is 10.0. The second-order valence-corrected chi connectivity index (χ2v) is 8.98. The highest BCUT2D eigenvalue weighted by Crippen LogP contribution is 2.47. The van der Waals surface area contributed by atoms with E-state index in [0.717, 1.165) is 37.7 Å². The van der Waals surface area contributed by atoms with Crippen LogP contribution in [0.15, 0.2) is 23.1 Å². The predicted molar refractivity (Wildman–Crippen MR) is 92.8 cm³/mol. The van der Waals surface area contributed by atoms with Crippen molar-refractivity contribution in [1.82, 2.24) is 4.31 Å². The third kappa shape index (κ3) is 2.95. The van der Waals surface area contributed by atoms with Crippen molar-refractivity contribution >= 4 is 10.0 Å². The fourth-order valence-corrected chi connectivity index (χ4v) is 6.20. The summed E-state index contributed by atoms with van der Waals surface area (Å²) in [5.74, 6) is 0.412. The number of piperidine rings is 1. The molecule has 0 bridgehead atoms. The van der Waals surface area contributed by atoms with Crippen LogP contribution in [0, 0.1) is 12.3 Å². The molecule has 1 spiro atoms. The smallest absolute Gasteiger partial charge is 0.246 e. The minimum Gasteiger partial charge on any atom is -0.495 e. The standard InChI is InChI=1S/C18H27NO4S/c1-14-7-8-15(22-2)16(12-14)24(20,21)19-11-5-10-18(13-19)9-4-6-17(18)23-3/h7-8,12,17H,4-6,9-11,13H2,1-3H3/t17?,18-/m0/s1. The van der Waals surface area contributed by atoms with Crippen molar-refractivity contribution in [1.29, 1.82) is 0 Å². The summed E-state index contributed by atoms with van der Waals surface area (Å²) in [6, 6.07) is 5.31. The summed E-state index contributed by atoms with van der Waals surface area (Å²) < 4.78 is 39.2. The van der Waals surface area contributed by atoms with E-state index in [0.29, 0.717) is 18.8 Å². The Balaban J connectivity index is 1.94. The number of ether oxygens (including phenoxy) is 2. The molecule has 5 nitrogen and oxygen atoms in total. The molecule has 1 heterocycles. The summed E-state index contributed by atoms with van der Waals surface area (Å²) in [7, 11) is -0.312. The largest absolute Gasteiger partial charge is 0.495 e. The molecule has 3 rings (SSSR count). The Morgan fingerprint density at radius 3 is 2.67 bits per heavy atom. The third-order valence-electron chi connectivity index (χ3n) is 5.62. The second kappa shape index (κ2) is 6.65. The van der Waals surface area contributed by atoms with Crippen molar-refractivity contribution < 1.29 is 17.9 Å². The number of hydrogen-bond acceptors (Lipinski definition) is 4. The highest BCUT2D eigenvalue weighted by Gasteiger charge is 2.48. The molecule has 2 atom stereocenters. The summed E-state index contributed by atoms with van der Waals surface area (Å²) in [5, 5.41) is 0. The number of hydrogen-bond donors (Lipinski definition) is 0. The van der Waals surface area contributed by atoms with Gasteiger partial charge in [0.2, 0.25) is 10.0 Å². The van der Waals surface area contributed by atoms with Gasteiger partial charge in [-0.2, -0.15) is 4.31 Å². The summed E-state index contributed by atoms with van der Waals surface area (Å²) in [6.07, 6.45) is 5.27. The zero-order valence-corrected chi connectivity index (χ0v) is 15.6. The molecule has 0 N–H and O–H groups in total. The Morgan fingerprint density at radius 1 is 1.21 bits per heavy atom. The monoisotopic (exact) mass is 353 g/mol. The molecular weight excluding hydrogens is 326 g/mol. The fraction of sp³-hybridized carbons (Fsp3) is 0.667. The van der Waals surface area contributed by atoms with Crippen molar-refractivity contribution in [3.63, 3.8) is 0 Å². The van der Waals surface area contributed by atoms with Gasteiger partial charge in [-0.05, 0) is 50.3 Å². The molecule has 0 radical (unpaired) electrons. The third-order valence-corrected chi connectivity index (χ3v) is 7.49. The van der Waals surface area contributed by atoms with Crippen molar-refractivity contribution in [2.24, 2.45) is 5.41 Å². The van der Waals surface area contributed by atoms with Crippen LogP contribution in [0.3, 0.4) is 0 Å². The maximum atomic E-state index is 13.3. The molecule has 1 unspecified atom stereocenters. The number of rotatable bonds is 4. The van der Waals surface area contributed by atoms with Crippen molar-refractivity contribution in [3.05, 3.63) is 23.8 Å². The van der Waals surface area contributed by atoms with E-state index < -0.39 is 10.0 Å². The molecular formula is C18H27NO4S. The van der Waals surface area contributed by atoms with Gasteiger partial charge in [-0.1, -0.05) is 12.5 Å². The van der Waals surface area contributed by atoms with Crippen molar-refractivity contribution in [3.8, 4) is 5.75 Å². The van der Waals surface area contributed by atoms with Crippen LogP contribution in [0.4, 0.5) is 0 Å². The van der Waals surface area contributed by atoms with Gasteiger partial charge >= 0.3 is 0 Å². The topological polar surface area (TPSA) is 55.8 Å². The van der Waals surface area contributed by atoms with Gasteiger partial charge in [0.25, 0.3) is 0 Å². The molecule has 1 aliphatic carbocycles. The minimum atomic E-state index is -3.57. The molecule has 1 saturated heterocycles. The maximum Gasteiger partial charge on any atom is 0.246 e. The maximum absolute atomic E-state index is 13.3. The zero-order chi connectivity index (χ0) is 17.4. The summed E-state index contributed by atoms with van der Waals surface area (Å²) in [4.78, 5) is 0.272. The van der Waals surface area contributed by atoms with Crippen LogP contribution in [0.2, 0.25) is 0 Å². The lowest BCUT2D eigenvalue weighted by Gasteiger charge is -2.43. The number of aryl methyl sites for hydroxylation is 1. The van der Waals surface area contributed by atoms with E-state index in [1.807, 2.05) is 13.0 Å². The van der Waals surface area contributed by atoms with Crippen LogP contribution in [0.5, 0.6) is 5.75 Å². The van der Waals surface area contributed by atoms with Gasteiger partial charge in [-0.3, -0.25) is 0 Å². The van der Waals surface area contributed by atoms with E-state index in [2.05, 4.69) is 0 Å². The highest BCUT2D eigenvalue weighted by atomic mass is 32.2. The normalized spacial score (nSPS) is 28.4. The van der Waals surface area contributed by atoms with Crippen LogP contribution < -0.4 is 4.74 Å². The van der Waals surface area contributed by atoms with Crippen LogP contribution in [-0.2, 0) is 14.8 Å². The Kier molecular flexibility index (Phi) is 4.91. The zero-order valence-electron chi connectivity index (χ0n) is 14.7. The van der Waals surface area contributed by atoms with Gasteiger partial charge in [0, 0.05) is 25.6 Å². The first kappa shape index (κ1) is 17.7. The van der Waals surface area contributed by atoms with Gasteiger partial charge in [-0.15, -0.1) is 0 Å². The summed E-state index contributed by atoms with van der Waals surface area (Å²) in [5.41, 5.74) is 0.883. The SMILES string of the molecule is COc1ccc(C)cc1S(=O)(=O)N1CCC[C@@]2(CCCC2OC)C1. The lowest BCUT2D eigenvalue weighted by atomic mass is 9.77. The first-order chi connectivity index (χ1) is 11.4. The summed E-state index contributed by atoms with van der Waals surface area (Å²) in [6.45, 7) is 3.01. The van der Waals surface area contributed by atoms with E-state index in [4.69, 9.17) is 9.47 Å².